The van der Waals surface area contributed by atoms with E-state index in [-0.39, 0.29) is 5.82 Å². The third kappa shape index (κ3) is 2.50. The van der Waals surface area contributed by atoms with Gasteiger partial charge in [0, 0.05) is 6.54 Å². The first-order valence-electron chi connectivity index (χ1n) is 5.59. The van der Waals surface area contributed by atoms with Gasteiger partial charge in [-0.3, -0.25) is 0 Å². The van der Waals surface area contributed by atoms with Gasteiger partial charge in [0.15, 0.2) is 0 Å². The van der Waals surface area contributed by atoms with E-state index in [1.54, 1.807) is 29.9 Å². The van der Waals surface area contributed by atoms with Crippen LogP contribution in [-0.2, 0) is 6.54 Å². The Morgan fingerprint density at radius 3 is 2.94 bits per heavy atom. The van der Waals surface area contributed by atoms with Crippen LogP contribution in [0.2, 0.25) is 0 Å². The molecule has 4 nitrogen and oxygen atoms in total. The van der Waals surface area contributed by atoms with E-state index >= 15 is 0 Å². The Balaban J connectivity index is 2.32. The Labute approximate surface area is 99.5 Å². The molecule has 0 unspecified atom stereocenters. The first kappa shape index (κ1) is 11.7. The summed E-state index contributed by atoms with van der Waals surface area (Å²) in [5, 5.41) is 11.1. The summed E-state index contributed by atoms with van der Waals surface area (Å²) >= 11 is 0. The largest absolute Gasteiger partial charge is 0.311 e. The molecule has 0 atom stereocenters. The molecule has 0 saturated carbocycles. The molecule has 0 aliphatic carbocycles. The second kappa shape index (κ2) is 5.05. The molecule has 0 bridgehead atoms. The van der Waals surface area contributed by atoms with Gasteiger partial charge >= 0.3 is 0 Å². The molecule has 17 heavy (non-hydrogen) atoms. The van der Waals surface area contributed by atoms with E-state index in [0.29, 0.717) is 12.1 Å². The van der Waals surface area contributed by atoms with Crippen molar-refractivity contribution in [2.24, 2.45) is 0 Å². The lowest BCUT2D eigenvalue weighted by molar-refractivity contribution is 0.616. The molecule has 0 fully saturated rings. The standard InChI is InChI=1S/C12H15FN4/c1-3-14-7-11-8-15-16-17(11)10-4-5-12(13)9(2)6-10/h4-6,8,14H,3,7H2,1-2H3. The number of benzene rings is 1. The monoisotopic (exact) mass is 234 g/mol. The highest BCUT2D eigenvalue weighted by Gasteiger charge is 2.07. The molecule has 1 heterocycles. The molecular formula is C12H15FN4. The lowest BCUT2D eigenvalue weighted by Gasteiger charge is -2.07. The van der Waals surface area contributed by atoms with Crippen molar-refractivity contribution in [1.29, 1.82) is 0 Å². The molecule has 2 aromatic rings. The van der Waals surface area contributed by atoms with Crippen LogP contribution in [0.3, 0.4) is 0 Å². The summed E-state index contributed by atoms with van der Waals surface area (Å²) < 4.78 is 14.9. The minimum Gasteiger partial charge on any atom is -0.311 e. The van der Waals surface area contributed by atoms with Gasteiger partial charge < -0.3 is 5.32 Å². The SMILES string of the molecule is CCNCc1cnnn1-c1ccc(F)c(C)c1. The second-order valence-electron chi connectivity index (χ2n) is 3.85. The number of rotatable bonds is 4. The topological polar surface area (TPSA) is 42.7 Å². The molecule has 90 valence electrons. The molecule has 1 aromatic heterocycles. The van der Waals surface area contributed by atoms with E-state index in [1.807, 2.05) is 6.92 Å². The van der Waals surface area contributed by atoms with Crippen LogP contribution in [0, 0.1) is 12.7 Å². The van der Waals surface area contributed by atoms with Gasteiger partial charge in [0.25, 0.3) is 0 Å². The van der Waals surface area contributed by atoms with E-state index in [0.717, 1.165) is 17.9 Å². The number of nitrogens with one attached hydrogen (secondary N) is 1. The van der Waals surface area contributed by atoms with Crippen LogP contribution < -0.4 is 5.32 Å². The minimum absolute atomic E-state index is 0.206. The fourth-order valence-electron chi connectivity index (χ4n) is 1.61. The molecule has 1 N–H and O–H groups in total. The molecule has 0 aliphatic heterocycles. The van der Waals surface area contributed by atoms with Crippen LogP contribution in [-0.4, -0.2) is 21.5 Å². The molecule has 0 radical (unpaired) electrons. The predicted octanol–water partition coefficient (Wildman–Crippen LogP) is 1.82. The van der Waals surface area contributed by atoms with Crippen LogP contribution in [0.4, 0.5) is 4.39 Å². The van der Waals surface area contributed by atoms with Crippen LogP contribution in [0.5, 0.6) is 0 Å². The van der Waals surface area contributed by atoms with Gasteiger partial charge in [-0.1, -0.05) is 12.1 Å². The van der Waals surface area contributed by atoms with E-state index in [2.05, 4.69) is 15.6 Å². The number of aryl methyl sites for hydroxylation is 1. The molecule has 5 heteroatoms. The maximum absolute atomic E-state index is 13.2. The Bertz CT molecular complexity index is 507. The Kier molecular flexibility index (Phi) is 3.49. The zero-order chi connectivity index (χ0) is 12.3. The molecular weight excluding hydrogens is 219 g/mol. The van der Waals surface area contributed by atoms with Gasteiger partial charge in [0.2, 0.25) is 0 Å². The third-order valence-electron chi connectivity index (χ3n) is 2.56. The lowest BCUT2D eigenvalue weighted by atomic mass is 10.2. The molecule has 1 aromatic carbocycles. The van der Waals surface area contributed by atoms with Crippen molar-refractivity contribution in [3.05, 3.63) is 41.5 Å². The number of nitrogens with zero attached hydrogens (tertiary/aromatic N) is 3. The van der Waals surface area contributed by atoms with Gasteiger partial charge in [-0.05, 0) is 37.2 Å². The Morgan fingerprint density at radius 2 is 2.24 bits per heavy atom. The van der Waals surface area contributed by atoms with Gasteiger partial charge in [-0.25, -0.2) is 9.07 Å². The Morgan fingerprint density at radius 1 is 1.41 bits per heavy atom. The number of halogens is 1. The summed E-state index contributed by atoms with van der Waals surface area (Å²) in [6.07, 6.45) is 1.71. The van der Waals surface area contributed by atoms with Crippen molar-refractivity contribution in [3.63, 3.8) is 0 Å². The zero-order valence-electron chi connectivity index (χ0n) is 9.94. The van der Waals surface area contributed by atoms with E-state index in [9.17, 15) is 4.39 Å². The van der Waals surface area contributed by atoms with E-state index < -0.39 is 0 Å². The number of hydrogen-bond donors (Lipinski definition) is 1. The summed E-state index contributed by atoms with van der Waals surface area (Å²) in [4.78, 5) is 0. The summed E-state index contributed by atoms with van der Waals surface area (Å²) in [5.41, 5.74) is 2.39. The lowest BCUT2D eigenvalue weighted by Crippen LogP contribution is -2.15. The first-order chi connectivity index (χ1) is 8.22. The zero-order valence-corrected chi connectivity index (χ0v) is 9.94. The summed E-state index contributed by atoms with van der Waals surface area (Å²) in [6.45, 7) is 5.35. The van der Waals surface area contributed by atoms with Crippen LogP contribution in [0.25, 0.3) is 5.69 Å². The highest BCUT2D eigenvalue weighted by molar-refractivity contribution is 5.36. The molecule has 0 aliphatic rings. The summed E-state index contributed by atoms with van der Waals surface area (Å²) in [6, 6.07) is 4.91. The quantitative estimate of drug-likeness (QED) is 0.877. The Hall–Kier alpha value is -1.75. The van der Waals surface area contributed by atoms with Crippen molar-refractivity contribution >= 4 is 0 Å². The fraction of sp³-hybridized carbons (Fsp3) is 0.333. The van der Waals surface area contributed by atoms with E-state index in [1.165, 1.54) is 6.07 Å². The highest BCUT2D eigenvalue weighted by Crippen LogP contribution is 2.14. The third-order valence-corrected chi connectivity index (χ3v) is 2.56. The van der Waals surface area contributed by atoms with Crippen LogP contribution in [0.15, 0.2) is 24.4 Å². The predicted molar refractivity (Wildman–Crippen MR) is 63.4 cm³/mol. The average molecular weight is 234 g/mol. The van der Waals surface area contributed by atoms with Crippen molar-refractivity contribution in [3.8, 4) is 5.69 Å². The molecule has 0 saturated heterocycles. The number of aromatic nitrogens is 3. The van der Waals surface area contributed by atoms with Gasteiger partial charge in [0.05, 0.1) is 17.6 Å². The van der Waals surface area contributed by atoms with E-state index in [4.69, 9.17) is 0 Å². The maximum Gasteiger partial charge on any atom is 0.126 e. The van der Waals surface area contributed by atoms with Gasteiger partial charge in [-0.15, -0.1) is 5.10 Å². The second-order valence-corrected chi connectivity index (χ2v) is 3.85. The molecule has 2 rings (SSSR count). The average Bonchev–Trinajstić information content (AvgIpc) is 2.78. The van der Waals surface area contributed by atoms with Gasteiger partial charge in [-0.2, -0.15) is 0 Å². The van der Waals surface area contributed by atoms with Crippen LogP contribution in [0.1, 0.15) is 18.2 Å². The molecule has 0 spiro atoms. The van der Waals surface area contributed by atoms with Gasteiger partial charge in [0.1, 0.15) is 5.82 Å². The van der Waals surface area contributed by atoms with Crippen molar-refractivity contribution in [2.45, 2.75) is 20.4 Å². The van der Waals surface area contributed by atoms with Crippen molar-refractivity contribution in [1.82, 2.24) is 20.3 Å². The minimum atomic E-state index is -0.206. The van der Waals surface area contributed by atoms with Crippen molar-refractivity contribution in [2.75, 3.05) is 6.54 Å². The first-order valence-corrected chi connectivity index (χ1v) is 5.59. The highest BCUT2D eigenvalue weighted by atomic mass is 19.1. The van der Waals surface area contributed by atoms with Crippen molar-refractivity contribution < 1.29 is 4.39 Å². The van der Waals surface area contributed by atoms with Crippen LogP contribution >= 0.6 is 0 Å². The summed E-state index contributed by atoms with van der Waals surface area (Å²) in [7, 11) is 0. The summed E-state index contributed by atoms with van der Waals surface area (Å²) in [5.74, 6) is -0.206. The normalized spacial score (nSPS) is 10.8. The maximum atomic E-state index is 13.2. The smallest absolute Gasteiger partial charge is 0.126 e. The number of hydrogen-bond acceptors (Lipinski definition) is 3. The molecule has 0 amide bonds. The fourth-order valence-corrected chi connectivity index (χ4v) is 1.61.